The van der Waals surface area contributed by atoms with Crippen molar-refractivity contribution in [2.75, 3.05) is 26.2 Å². The highest BCUT2D eigenvalue weighted by Gasteiger charge is 2.11. The molecule has 1 aliphatic heterocycles. The first-order chi connectivity index (χ1) is 10.7. The van der Waals surface area contributed by atoms with Crippen molar-refractivity contribution in [2.45, 2.75) is 46.2 Å². The molecule has 0 aromatic heterocycles. The van der Waals surface area contributed by atoms with E-state index >= 15 is 0 Å². The standard InChI is InChI=1S/C18H30N4/c1-3-21(4-2)15-17-10-8-9-16(13-17)14-20-18(19)22-11-6-5-7-12-22/h8-10,13H,3-7,11-12,14-15H2,1-2H3,(H2,19,20). The molecular formula is C18H30N4. The first-order valence-electron chi connectivity index (χ1n) is 8.58. The van der Waals surface area contributed by atoms with E-state index in [1.165, 1.54) is 30.4 Å². The quantitative estimate of drug-likeness (QED) is 0.649. The summed E-state index contributed by atoms with van der Waals surface area (Å²) >= 11 is 0. The number of nitrogens with two attached hydrogens (primary N) is 1. The van der Waals surface area contributed by atoms with Crippen molar-refractivity contribution < 1.29 is 0 Å². The Kier molecular flexibility index (Phi) is 6.72. The first-order valence-corrected chi connectivity index (χ1v) is 8.58. The van der Waals surface area contributed by atoms with E-state index in [1.807, 2.05) is 0 Å². The molecule has 4 heteroatoms. The first kappa shape index (κ1) is 16.8. The van der Waals surface area contributed by atoms with Crippen molar-refractivity contribution in [1.29, 1.82) is 0 Å². The number of likely N-dealkylation sites (tertiary alicyclic amines) is 1. The zero-order valence-electron chi connectivity index (χ0n) is 14.1. The predicted molar refractivity (Wildman–Crippen MR) is 93.8 cm³/mol. The highest BCUT2D eigenvalue weighted by atomic mass is 15.2. The molecule has 0 radical (unpaired) electrons. The van der Waals surface area contributed by atoms with Crippen LogP contribution in [0, 0.1) is 0 Å². The minimum atomic E-state index is 0.675. The maximum Gasteiger partial charge on any atom is 0.191 e. The van der Waals surface area contributed by atoms with Gasteiger partial charge in [0.25, 0.3) is 0 Å². The van der Waals surface area contributed by atoms with Crippen LogP contribution in [0.4, 0.5) is 0 Å². The molecule has 0 spiro atoms. The minimum Gasteiger partial charge on any atom is -0.370 e. The van der Waals surface area contributed by atoms with Crippen LogP contribution in [0.15, 0.2) is 29.3 Å². The SMILES string of the molecule is CCN(CC)Cc1cccc(CN=C(N)N2CCCCC2)c1. The van der Waals surface area contributed by atoms with Crippen LogP contribution in [-0.2, 0) is 13.1 Å². The van der Waals surface area contributed by atoms with Crippen LogP contribution in [0.3, 0.4) is 0 Å². The average molecular weight is 302 g/mol. The number of rotatable bonds is 6. The van der Waals surface area contributed by atoms with Crippen molar-refractivity contribution in [3.63, 3.8) is 0 Å². The molecule has 0 bridgehead atoms. The zero-order chi connectivity index (χ0) is 15.8. The highest BCUT2D eigenvalue weighted by Crippen LogP contribution is 2.11. The predicted octanol–water partition coefficient (Wildman–Crippen LogP) is 2.83. The van der Waals surface area contributed by atoms with Gasteiger partial charge in [0.2, 0.25) is 0 Å². The lowest BCUT2D eigenvalue weighted by molar-refractivity contribution is 0.296. The Morgan fingerprint density at radius 1 is 1.14 bits per heavy atom. The van der Waals surface area contributed by atoms with Crippen LogP contribution in [0.1, 0.15) is 44.2 Å². The van der Waals surface area contributed by atoms with Crippen LogP contribution >= 0.6 is 0 Å². The number of hydrogen-bond acceptors (Lipinski definition) is 2. The van der Waals surface area contributed by atoms with Gasteiger partial charge in [-0.3, -0.25) is 4.90 Å². The van der Waals surface area contributed by atoms with E-state index in [-0.39, 0.29) is 0 Å². The van der Waals surface area contributed by atoms with Crippen molar-refractivity contribution in [2.24, 2.45) is 10.7 Å². The average Bonchev–Trinajstić information content (AvgIpc) is 2.58. The summed E-state index contributed by atoms with van der Waals surface area (Å²) in [5, 5.41) is 0. The van der Waals surface area contributed by atoms with Crippen LogP contribution in [0.5, 0.6) is 0 Å². The molecule has 0 unspecified atom stereocenters. The molecule has 1 saturated heterocycles. The fraction of sp³-hybridized carbons (Fsp3) is 0.611. The molecular weight excluding hydrogens is 272 g/mol. The van der Waals surface area contributed by atoms with Gasteiger partial charge in [-0.1, -0.05) is 38.1 Å². The fourth-order valence-corrected chi connectivity index (χ4v) is 2.93. The van der Waals surface area contributed by atoms with Crippen molar-refractivity contribution in [3.05, 3.63) is 35.4 Å². The molecule has 122 valence electrons. The van der Waals surface area contributed by atoms with Crippen LogP contribution in [-0.4, -0.2) is 41.9 Å². The van der Waals surface area contributed by atoms with Gasteiger partial charge in [-0.25, -0.2) is 4.99 Å². The molecule has 1 aromatic carbocycles. The Hall–Kier alpha value is -1.55. The molecule has 1 aromatic rings. The monoisotopic (exact) mass is 302 g/mol. The van der Waals surface area contributed by atoms with Crippen molar-refractivity contribution >= 4 is 5.96 Å². The summed E-state index contributed by atoms with van der Waals surface area (Å²) in [6.07, 6.45) is 3.78. The van der Waals surface area contributed by atoms with Crippen LogP contribution < -0.4 is 5.73 Å². The van der Waals surface area contributed by atoms with Gasteiger partial charge in [0.15, 0.2) is 5.96 Å². The summed E-state index contributed by atoms with van der Waals surface area (Å²) in [4.78, 5) is 9.22. The minimum absolute atomic E-state index is 0.675. The van der Waals surface area contributed by atoms with E-state index in [0.29, 0.717) is 12.5 Å². The molecule has 1 heterocycles. The number of piperidine rings is 1. The van der Waals surface area contributed by atoms with Gasteiger partial charge in [-0.05, 0) is 43.5 Å². The van der Waals surface area contributed by atoms with Gasteiger partial charge in [0.1, 0.15) is 0 Å². The van der Waals surface area contributed by atoms with E-state index in [1.54, 1.807) is 0 Å². The molecule has 4 nitrogen and oxygen atoms in total. The lowest BCUT2D eigenvalue weighted by Crippen LogP contribution is -2.40. The normalized spacial score (nSPS) is 16.3. The number of nitrogens with zero attached hydrogens (tertiary/aromatic N) is 3. The topological polar surface area (TPSA) is 44.9 Å². The Morgan fingerprint density at radius 2 is 1.82 bits per heavy atom. The molecule has 0 atom stereocenters. The number of benzene rings is 1. The molecule has 0 amide bonds. The van der Waals surface area contributed by atoms with E-state index in [0.717, 1.165) is 32.7 Å². The summed E-state index contributed by atoms with van der Waals surface area (Å²) in [5.41, 5.74) is 8.72. The number of guanidine groups is 1. The Labute approximate surface area is 135 Å². The van der Waals surface area contributed by atoms with E-state index in [9.17, 15) is 0 Å². The van der Waals surface area contributed by atoms with Gasteiger partial charge in [0.05, 0.1) is 6.54 Å². The summed E-state index contributed by atoms with van der Waals surface area (Å²) < 4.78 is 0. The van der Waals surface area contributed by atoms with Gasteiger partial charge in [0, 0.05) is 19.6 Å². The third-order valence-corrected chi connectivity index (χ3v) is 4.40. The number of aliphatic imine (C=N–C) groups is 1. The van der Waals surface area contributed by atoms with Gasteiger partial charge < -0.3 is 10.6 Å². The zero-order valence-corrected chi connectivity index (χ0v) is 14.1. The largest absolute Gasteiger partial charge is 0.370 e. The smallest absolute Gasteiger partial charge is 0.191 e. The summed E-state index contributed by atoms with van der Waals surface area (Å²) in [5.74, 6) is 0.703. The fourth-order valence-electron chi connectivity index (χ4n) is 2.93. The Bertz CT molecular complexity index is 474. The van der Waals surface area contributed by atoms with Gasteiger partial charge >= 0.3 is 0 Å². The second-order valence-corrected chi connectivity index (χ2v) is 6.00. The Balaban J connectivity index is 1.94. The second-order valence-electron chi connectivity index (χ2n) is 6.00. The maximum atomic E-state index is 6.13. The van der Waals surface area contributed by atoms with E-state index in [4.69, 9.17) is 5.73 Å². The Morgan fingerprint density at radius 3 is 2.50 bits per heavy atom. The lowest BCUT2D eigenvalue weighted by Gasteiger charge is -2.27. The lowest BCUT2D eigenvalue weighted by atomic mass is 10.1. The van der Waals surface area contributed by atoms with Crippen LogP contribution in [0.2, 0.25) is 0 Å². The molecule has 0 saturated carbocycles. The third kappa shape index (κ3) is 5.02. The summed E-state index contributed by atoms with van der Waals surface area (Å²) in [7, 11) is 0. The van der Waals surface area contributed by atoms with Crippen LogP contribution in [0.25, 0.3) is 0 Å². The summed E-state index contributed by atoms with van der Waals surface area (Å²) in [6, 6.07) is 8.71. The number of hydrogen-bond donors (Lipinski definition) is 1. The van der Waals surface area contributed by atoms with E-state index < -0.39 is 0 Å². The highest BCUT2D eigenvalue weighted by molar-refractivity contribution is 5.78. The van der Waals surface area contributed by atoms with Crippen molar-refractivity contribution in [3.8, 4) is 0 Å². The third-order valence-electron chi connectivity index (χ3n) is 4.40. The second kappa shape index (κ2) is 8.79. The molecule has 1 fully saturated rings. The van der Waals surface area contributed by atoms with E-state index in [2.05, 4.69) is 52.9 Å². The van der Waals surface area contributed by atoms with Gasteiger partial charge in [-0.15, -0.1) is 0 Å². The molecule has 0 aliphatic carbocycles. The maximum absolute atomic E-state index is 6.13. The molecule has 2 N–H and O–H groups in total. The molecule has 2 rings (SSSR count). The molecule has 1 aliphatic rings. The van der Waals surface area contributed by atoms with Gasteiger partial charge in [-0.2, -0.15) is 0 Å². The molecule has 22 heavy (non-hydrogen) atoms. The van der Waals surface area contributed by atoms with Crippen molar-refractivity contribution in [1.82, 2.24) is 9.80 Å². The summed E-state index contributed by atoms with van der Waals surface area (Å²) in [6.45, 7) is 10.4.